The summed E-state index contributed by atoms with van der Waals surface area (Å²) in [6.07, 6.45) is 0. The number of hydrogen-bond donors (Lipinski definition) is 2. The number of carbonyl (C=O) groups is 2. The predicted octanol–water partition coefficient (Wildman–Crippen LogP) is 3.02. The molecule has 0 fully saturated rings. The molecule has 1 heterocycles. The summed E-state index contributed by atoms with van der Waals surface area (Å²) in [6, 6.07) is 9.95. The highest BCUT2D eigenvalue weighted by molar-refractivity contribution is 7.15. The van der Waals surface area contributed by atoms with Crippen molar-refractivity contribution in [2.45, 2.75) is 6.92 Å². The van der Waals surface area contributed by atoms with Gasteiger partial charge >= 0.3 is 5.97 Å². The largest absolute Gasteiger partial charge is 0.482 e. The molecule has 0 aliphatic carbocycles. The standard InChI is InChI=1S/C15H13ClN2O4S/c1-9(12-6-7-13(23-12)15(20)21)17-18-14(19)8-22-11-5-3-2-4-10(11)16/h2-7H,8H2,1H3,(H,18,19)(H,20,21)/b17-9-. The molecular weight excluding hydrogens is 340 g/mol. The summed E-state index contributed by atoms with van der Waals surface area (Å²) in [6.45, 7) is 1.44. The zero-order chi connectivity index (χ0) is 16.8. The van der Waals surface area contributed by atoms with Gasteiger partial charge in [0.25, 0.3) is 5.91 Å². The SMILES string of the molecule is C/C(=N/NC(=O)COc1ccccc1Cl)c1ccc(C(=O)O)s1. The molecule has 1 aromatic carbocycles. The number of carboxylic acid groups (broad SMARTS) is 1. The number of carbonyl (C=O) groups excluding carboxylic acids is 1. The van der Waals surface area contributed by atoms with Crippen LogP contribution in [0, 0.1) is 0 Å². The maximum absolute atomic E-state index is 11.7. The minimum Gasteiger partial charge on any atom is -0.482 e. The molecular formula is C15H13ClN2O4S. The van der Waals surface area contributed by atoms with E-state index in [9.17, 15) is 9.59 Å². The zero-order valence-corrected chi connectivity index (χ0v) is 13.6. The summed E-state index contributed by atoms with van der Waals surface area (Å²) >= 11 is 6.99. The monoisotopic (exact) mass is 352 g/mol. The molecule has 23 heavy (non-hydrogen) atoms. The second kappa shape index (κ2) is 7.75. The van der Waals surface area contributed by atoms with Crippen molar-refractivity contribution >= 4 is 40.5 Å². The number of rotatable bonds is 6. The topological polar surface area (TPSA) is 88.0 Å². The molecule has 2 aromatic rings. The molecule has 6 nitrogen and oxygen atoms in total. The van der Waals surface area contributed by atoms with E-state index >= 15 is 0 Å². The van der Waals surface area contributed by atoms with Crippen LogP contribution >= 0.6 is 22.9 Å². The number of aromatic carboxylic acids is 1. The molecule has 0 aliphatic rings. The molecule has 0 bridgehead atoms. The number of thiophene rings is 1. The van der Waals surface area contributed by atoms with Gasteiger partial charge in [-0.2, -0.15) is 5.10 Å². The molecule has 0 spiro atoms. The van der Waals surface area contributed by atoms with Crippen LogP contribution in [0.5, 0.6) is 5.75 Å². The van der Waals surface area contributed by atoms with Gasteiger partial charge in [-0.3, -0.25) is 4.79 Å². The number of carboxylic acids is 1. The van der Waals surface area contributed by atoms with E-state index in [1.807, 2.05) is 0 Å². The van der Waals surface area contributed by atoms with Crippen molar-refractivity contribution < 1.29 is 19.4 Å². The third-order valence-corrected chi connectivity index (χ3v) is 4.21. The minimum absolute atomic E-state index is 0.211. The van der Waals surface area contributed by atoms with Crippen molar-refractivity contribution in [3.63, 3.8) is 0 Å². The number of nitrogens with one attached hydrogen (secondary N) is 1. The molecule has 8 heteroatoms. The lowest BCUT2D eigenvalue weighted by Gasteiger charge is -2.06. The molecule has 1 amide bonds. The van der Waals surface area contributed by atoms with Gasteiger partial charge in [-0.1, -0.05) is 23.7 Å². The first-order chi connectivity index (χ1) is 11.0. The highest BCUT2D eigenvalue weighted by Crippen LogP contribution is 2.22. The van der Waals surface area contributed by atoms with Gasteiger partial charge in [0.2, 0.25) is 0 Å². The highest BCUT2D eigenvalue weighted by Gasteiger charge is 2.09. The lowest BCUT2D eigenvalue weighted by Crippen LogP contribution is -2.25. The van der Waals surface area contributed by atoms with Crippen molar-refractivity contribution in [3.05, 3.63) is 51.2 Å². The first-order valence-corrected chi connectivity index (χ1v) is 7.71. The Morgan fingerprint density at radius 1 is 1.26 bits per heavy atom. The Morgan fingerprint density at radius 3 is 2.61 bits per heavy atom. The van der Waals surface area contributed by atoms with Crippen LogP contribution in [-0.2, 0) is 4.79 Å². The van der Waals surface area contributed by atoms with Crippen molar-refractivity contribution in [1.82, 2.24) is 5.43 Å². The lowest BCUT2D eigenvalue weighted by atomic mass is 10.3. The molecule has 0 aliphatic heterocycles. The predicted molar refractivity (Wildman–Crippen MR) is 88.6 cm³/mol. The Labute approximate surface area is 141 Å². The smallest absolute Gasteiger partial charge is 0.345 e. The summed E-state index contributed by atoms with van der Waals surface area (Å²) < 4.78 is 5.28. The van der Waals surface area contributed by atoms with Crippen LogP contribution in [-0.4, -0.2) is 29.3 Å². The van der Waals surface area contributed by atoms with E-state index < -0.39 is 11.9 Å². The fourth-order valence-corrected chi connectivity index (χ4v) is 2.57. The van der Waals surface area contributed by atoms with Crippen LogP contribution in [0.4, 0.5) is 0 Å². The molecule has 1 aromatic heterocycles. The third-order valence-electron chi connectivity index (χ3n) is 2.72. The summed E-state index contributed by atoms with van der Waals surface area (Å²) in [5, 5.41) is 13.2. The van der Waals surface area contributed by atoms with Gasteiger partial charge in [-0.05, 0) is 31.2 Å². The lowest BCUT2D eigenvalue weighted by molar-refractivity contribution is -0.123. The molecule has 0 radical (unpaired) electrons. The van der Waals surface area contributed by atoms with E-state index in [1.54, 1.807) is 37.3 Å². The van der Waals surface area contributed by atoms with Crippen LogP contribution in [0.3, 0.4) is 0 Å². The van der Waals surface area contributed by atoms with E-state index in [4.69, 9.17) is 21.4 Å². The first kappa shape index (κ1) is 17.0. The van der Waals surface area contributed by atoms with E-state index in [2.05, 4.69) is 10.5 Å². The number of hydrogen-bond acceptors (Lipinski definition) is 5. The molecule has 120 valence electrons. The average molecular weight is 353 g/mol. The van der Waals surface area contributed by atoms with Crippen LogP contribution in [0.15, 0.2) is 41.5 Å². The maximum Gasteiger partial charge on any atom is 0.345 e. The Morgan fingerprint density at radius 2 is 1.96 bits per heavy atom. The van der Waals surface area contributed by atoms with Crippen molar-refractivity contribution in [2.24, 2.45) is 5.10 Å². The first-order valence-electron chi connectivity index (χ1n) is 6.51. The summed E-state index contributed by atoms with van der Waals surface area (Å²) in [5.74, 6) is -1.03. The second-order valence-electron chi connectivity index (χ2n) is 4.42. The number of hydrazone groups is 1. The quantitative estimate of drug-likeness (QED) is 0.618. The summed E-state index contributed by atoms with van der Waals surface area (Å²) in [4.78, 5) is 23.4. The molecule has 0 saturated carbocycles. The minimum atomic E-state index is -0.994. The third kappa shape index (κ3) is 4.80. The second-order valence-corrected chi connectivity index (χ2v) is 5.91. The van der Waals surface area contributed by atoms with E-state index in [0.717, 1.165) is 11.3 Å². The number of para-hydroxylation sites is 1. The molecule has 0 saturated heterocycles. The van der Waals surface area contributed by atoms with E-state index in [-0.39, 0.29) is 11.5 Å². The Balaban J connectivity index is 1.89. The van der Waals surface area contributed by atoms with E-state index in [1.165, 1.54) is 6.07 Å². The van der Waals surface area contributed by atoms with Crippen LogP contribution in [0.25, 0.3) is 0 Å². The van der Waals surface area contributed by atoms with Gasteiger partial charge < -0.3 is 9.84 Å². The van der Waals surface area contributed by atoms with Crippen LogP contribution in [0.2, 0.25) is 5.02 Å². The molecule has 2 rings (SSSR count). The normalized spacial score (nSPS) is 11.1. The van der Waals surface area contributed by atoms with Gasteiger partial charge in [-0.15, -0.1) is 11.3 Å². The van der Waals surface area contributed by atoms with E-state index in [0.29, 0.717) is 21.4 Å². The molecule has 0 unspecified atom stereocenters. The number of benzene rings is 1. The highest BCUT2D eigenvalue weighted by atomic mass is 35.5. The Hall–Kier alpha value is -2.38. The zero-order valence-electron chi connectivity index (χ0n) is 12.1. The summed E-state index contributed by atoms with van der Waals surface area (Å²) in [7, 11) is 0. The fraction of sp³-hybridized carbons (Fsp3) is 0.133. The van der Waals surface area contributed by atoms with Crippen molar-refractivity contribution in [1.29, 1.82) is 0 Å². The van der Waals surface area contributed by atoms with Crippen LogP contribution in [0.1, 0.15) is 21.5 Å². The average Bonchev–Trinajstić information content (AvgIpc) is 3.02. The summed E-state index contributed by atoms with van der Waals surface area (Å²) in [5.41, 5.74) is 2.86. The number of amides is 1. The number of halogens is 1. The van der Waals surface area contributed by atoms with Gasteiger partial charge in [0.05, 0.1) is 15.6 Å². The number of nitrogens with zero attached hydrogens (tertiary/aromatic N) is 1. The Bertz CT molecular complexity index is 757. The molecule has 0 atom stereocenters. The molecule has 2 N–H and O–H groups in total. The Kier molecular flexibility index (Phi) is 5.72. The van der Waals surface area contributed by atoms with Crippen molar-refractivity contribution in [3.8, 4) is 5.75 Å². The fourth-order valence-electron chi connectivity index (χ4n) is 1.59. The van der Waals surface area contributed by atoms with Gasteiger partial charge in [0.1, 0.15) is 10.6 Å². The maximum atomic E-state index is 11.7. The van der Waals surface area contributed by atoms with Crippen molar-refractivity contribution in [2.75, 3.05) is 6.61 Å². The van der Waals surface area contributed by atoms with Crippen LogP contribution < -0.4 is 10.2 Å². The number of ether oxygens (including phenoxy) is 1. The van der Waals surface area contributed by atoms with Gasteiger partial charge in [0, 0.05) is 0 Å². The van der Waals surface area contributed by atoms with Gasteiger partial charge in [-0.25, -0.2) is 10.2 Å². The van der Waals surface area contributed by atoms with Gasteiger partial charge in [0.15, 0.2) is 6.61 Å².